The summed E-state index contributed by atoms with van der Waals surface area (Å²) in [5.41, 5.74) is 0. The first-order valence-electron chi connectivity index (χ1n) is 3.56. The Morgan fingerprint density at radius 3 is 2.85 bits per heavy atom. The van der Waals surface area contributed by atoms with E-state index in [4.69, 9.17) is 5.11 Å². The molecule has 0 aliphatic carbocycles. The predicted octanol–water partition coefficient (Wildman–Crippen LogP) is -0.144. The van der Waals surface area contributed by atoms with Crippen LogP contribution in [0.25, 0.3) is 0 Å². The van der Waals surface area contributed by atoms with Gasteiger partial charge in [-0.1, -0.05) is 0 Å². The highest BCUT2D eigenvalue weighted by Crippen LogP contribution is 2.13. The molecule has 2 unspecified atom stereocenters. The molecule has 0 saturated carbocycles. The number of aliphatic carboxylic acids is 1. The van der Waals surface area contributed by atoms with Gasteiger partial charge in [-0.25, -0.2) is 19.2 Å². The zero-order valence-electron chi connectivity index (χ0n) is 6.88. The van der Waals surface area contributed by atoms with Gasteiger partial charge in [0.15, 0.2) is 12.4 Å². The Morgan fingerprint density at radius 2 is 2.38 bits per heavy atom. The van der Waals surface area contributed by atoms with Gasteiger partial charge in [0.2, 0.25) is 0 Å². The number of amides is 1. The van der Waals surface area contributed by atoms with Crippen molar-refractivity contribution in [1.82, 2.24) is 0 Å². The van der Waals surface area contributed by atoms with E-state index in [1.54, 1.807) is 0 Å². The lowest BCUT2D eigenvalue weighted by atomic mass is 10.2. The highest BCUT2D eigenvalue weighted by atomic mass is 16.6. The van der Waals surface area contributed by atoms with Crippen LogP contribution in [0.2, 0.25) is 0 Å². The van der Waals surface area contributed by atoms with Gasteiger partial charge in [0.1, 0.15) is 0 Å². The third-order valence-corrected chi connectivity index (χ3v) is 1.82. The topological polar surface area (TPSA) is 89.8 Å². The van der Waals surface area contributed by atoms with Gasteiger partial charge in [-0.15, -0.1) is 0 Å². The van der Waals surface area contributed by atoms with Crippen LogP contribution < -0.4 is 0 Å². The molecule has 0 saturated heterocycles. The Hall–Kier alpha value is -1.53. The molecule has 1 N–H and O–H groups in total. The molecule has 0 radical (unpaired) electrons. The monoisotopic (exact) mass is 184 g/mol. The maximum atomic E-state index is 11.6. The molecule has 1 aliphatic rings. The van der Waals surface area contributed by atoms with Gasteiger partial charge in [-0.3, -0.25) is 0 Å². The molecular weight excluding hydrogens is 176 g/mol. The molecular formula is C7H8N2O4. The molecule has 70 valence electrons. The summed E-state index contributed by atoms with van der Waals surface area (Å²) in [5, 5.41) is 20.2. The third-order valence-electron chi connectivity index (χ3n) is 1.82. The molecule has 2 atom stereocenters. The lowest BCUT2D eigenvalue weighted by Gasteiger charge is -2.37. The summed E-state index contributed by atoms with van der Waals surface area (Å²) in [6, 6.07) is -1.37. The molecule has 0 fully saturated rings. The summed E-state index contributed by atoms with van der Waals surface area (Å²) < 4.78 is -1.56. The van der Waals surface area contributed by atoms with Crippen LogP contribution >= 0.6 is 0 Å². The standard InChI is InChI=1S/C7H8N2O4/c1-5(7(11)12)9(13)4-8-3-2-6(9)10/h2-5H,1H3,(H,11,12). The Kier molecular flexibility index (Phi) is 2.26. The molecule has 6 heteroatoms. The van der Waals surface area contributed by atoms with Crippen molar-refractivity contribution < 1.29 is 19.3 Å². The second kappa shape index (κ2) is 3.08. The minimum absolute atomic E-state index is 0.779. The largest absolute Gasteiger partial charge is 0.618 e. The molecule has 0 aromatic carbocycles. The zero-order chi connectivity index (χ0) is 10.1. The smallest absolute Gasteiger partial charge is 0.363 e. The van der Waals surface area contributed by atoms with E-state index in [0.29, 0.717) is 0 Å². The van der Waals surface area contributed by atoms with Gasteiger partial charge in [0.25, 0.3) is 0 Å². The van der Waals surface area contributed by atoms with Crippen molar-refractivity contribution in [3.05, 3.63) is 17.5 Å². The first kappa shape index (κ1) is 9.56. The van der Waals surface area contributed by atoms with Crippen molar-refractivity contribution >= 4 is 18.2 Å². The van der Waals surface area contributed by atoms with Gasteiger partial charge in [0.05, 0.1) is 6.08 Å². The molecule has 0 spiro atoms. The quantitative estimate of drug-likeness (QED) is 0.477. The number of aliphatic imine (C=N–C) groups is 1. The maximum Gasteiger partial charge on any atom is 0.363 e. The molecule has 13 heavy (non-hydrogen) atoms. The number of hydrogen-bond donors (Lipinski definition) is 1. The van der Waals surface area contributed by atoms with Crippen LogP contribution in [-0.2, 0) is 9.59 Å². The number of carbonyl (C=O) groups excluding carboxylic acids is 1. The molecule has 0 aromatic heterocycles. The fourth-order valence-electron chi connectivity index (χ4n) is 0.873. The summed E-state index contributed by atoms with van der Waals surface area (Å²) in [7, 11) is 0. The Labute approximate surface area is 74.0 Å². The number of rotatable bonds is 2. The van der Waals surface area contributed by atoms with Crippen molar-refractivity contribution in [2.24, 2.45) is 4.99 Å². The van der Waals surface area contributed by atoms with E-state index in [2.05, 4.69) is 4.99 Å². The number of nitrogens with zero attached hydrogens (tertiary/aromatic N) is 2. The Balaban J connectivity index is 3.00. The summed E-state index contributed by atoms with van der Waals surface area (Å²) in [6.07, 6.45) is 2.90. The number of carboxylic acids is 1. The van der Waals surface area contributed by atoms with Crippen LogP contribution in [0.4, 0.5) is 0 Å². The normalized spacial score (nSPS) is 28.9. The van der Waals surface area contributed by atoms with E-state index in [1.165, 1.54) is 6.92 Å². The van der Waals surface area contributed by atoms with Crippen LogP contribution in [0, 0.1) is 5.21 Å². The summed E-state index contributed by atoms with van der Waals surface area (Å²) in [6.45, 7) is 1.17. The fraction of sp³-hybridized carbons (Fsp3) is 0.286. The fourth-order valence-corrected chi connectivity index (χ4v) is 0.873. The average molecular weight is 184 g/mol. The molecule has 1 aliphatic heterocycles. The number of hydrogen-bond acceptors (Lipinski definition) is 4. The highest BCUT2D eigenvalue weighted by Gasteiger charge is 2.37. The summed E-state index contributed by atoms with van der Waals surface area (Å²) in [5.74, 6) is -2.16. The van der Waals surface area contributed by atoms with Gasteiger partial charge in [-0.2, -0.15) is 0 Å². The lowest BCUT2D eigenvalue weighted by Crippen LogP contribution is -2.56. The number of carbonyl (C=O) groups is 2. The maximum absolute atomic E-state index is 11.6. The molecule has 1 heterocycles. The van der Waals surface area contributed by atoms with E-state index in [0.717, 1.165) is 18.6 Å². The molecule has 0 bridgehead atoms. The van der Waals surface area contributed by atoms with Crippen molar-refractivity contribution in [3.63, 3.8) is 0 Å². The molecule has 1 rings (SSSR count). The van der Waals surface area contributed by atoms with Crippen molar-refractivity contribution in [2.75, 3.05) is 0 Å². The average Bonchev–Trinajstić information content (AvgIpc) is 2.09. The Bertz CT molecular complexity index is 310. The van der Waals surface area contributed by atoms with E-state index < -0.39 is 22.6 Å². The number of quaternary nitrogens is 1. The number of hydroxylamine groups is 3. The van der Waals surface area contributed by atoms with Gasteiger partial charge >= 0.3 is 11.9 Å². The first-order valence-corrected chi connectivity index (χ1v) is 3.56. The Morgan fingerprint density at radius 1 is 1.77 bits per heavy atom. The second-order valence-corrected chi connectivity index (χ2v) is 2.64. The highest BCUT2D eigenvalue weighted by molar-refractivity contribution is 5.91. The van der Waals surface area contributed by atoms with Crippen molar-refractivity contribution in [2.45, 2.75) is 13.0 Å². The zero-order valence-corrected chi connectivity index (χ0v) is 6.88. The van der Waals surface area contributed by atoms with Crippen LogP contribution in [0.3, 0.4) is 0 Å². The van der Waals surface area contributed by atoms with Crippen LogP contribution in [-0.4, -0.2) is 34.0 Å². The number of carboxylic acid groups (broad SMARTS) is 1. The SMILES string of the molecule is CC(C(=O)O)[N+]1([O-])C=NC=CC1=O. The first-order chi connectivity index (χ1) is 5.98. The predicted molar refractivity (Wildman–Crippen MR) is 43.4 cm³/mol. The van der Waals surface area contributed by atoms with E-state index in [9.17, 15) is 14.8 Å². The van der Waals surface area contributed by atoms with Crippen molar-refractivity contribution in [1.29, 1.82) is 0 Å². The van der Waals surface area contributed by atoms with Crippen LogP contribution in [0.15, 0.2) is 17.3 Å². The van der Waals surface area contributed by atoms with Gasteiger partial charge in [-0.05, 0) is 0 Å². The van der Waals surface area contributed by atoms with E-state index >= 15 is 0 Å². The minimum Gasteiger partial charge on any atom is -0.618 e. The summed E-state index contributed by atoms with van der Waals surface area (Å²) in [4.78, 5) is 25.0. The van der Waals surface area contributed by atoms with Gasteiger partial charge in [0, 0.05) is 13.1 Å². The summed E-state index contributed by atoms with van der Waals surface area (Å²) >= 11 is 0. The molecule has 6 nitrogen and oxygen atoms in total. The van der Waals surface area contributed by atoms with E-state index in [1.807, 2.05) is 0 Å². The lowest BCUT2D eigenvalue weighted by molar-refractivity contribution is -0.717. The third kappa shape index (κ3) is 1.49. The van der Waals surface area contributed by atoms with Crippen LogP contribution in [0.5, 0.6) is 0 Å². The van der Waals surface area contributed by atoms with E-state index in [-0.39, 0.29) is 0 Å². The molecule has 0 aromatic rings. The van der Waals surface area contributed by atoms with Crippen molar-refractivity contribution in [3.8, 4) is 0 Å². The van der Waals surface area contributed by atoms with Gasteiger partial charge < -0.3 is 10.3 Å². The molecule has 1 amide bonds. The second-order valence-electron chi connectivity index (χ2n) is 2.64. The van der Waals surface area contributed by atoms with Crippen LogP contribution in [0.1, 0.15) is 6.92 Å². The minimum atomic E-state index is -1.56.